The average Bonchev–Trinajstić information content (AvgIpc) is 3.08. The van der Waals surface area contributed by atoms with E-state index in [9.17, 15) is 13.6 Å². The summed E-state index contributed by atoms with van der Waals surface area (Å²) in [5, 5.41) is 9.61. The second-order valence-electron chi connectivity index (χ2n) is 6.65. The van der Waals surface area contributed by atoms with Gasteiger partial charge in [-0.25, -0.2) is 0 Å². The van der Waals surface area contributed by atoms with Gasteiger partial charge in [0.1, 0.15) is 23.9 Å². The molecule has 0 aliphatic heterocycles. The molecule has 1 aromatic heterocycles. The van der Waals surface area contributed by atoms with E-state index >= 15 is 0 Å². The molecule has 164 valence electrons. The van der Waals surface area contributed by atoms with Gasteiger partial charge in [-0.1, -0.05) is 19.1 Å². The predicted octanol–water partition coefficient (Wildman–Crippen LogP) is 4.81. The Hall–Kier alpha value is -3.27. The second-order valence-corrected chi connectivity index (χ2v) is 7.03. The molecule has 3 aromatic rings. The molecule has 1 heterocycles. The Kier molecular flexibility index (Phi) is 7.35. The molecule has 0 saturated heterocycles. The number of aryl methyl sites for hydroxylation is 1. The van der Waals surface area contributed by atoms with Crippen LogP contribution in [0.1, 0.15) is 19.2 Å². The molecule has 10 heteroatoms. The molecule has 0 aliphatic rings. The van der Waals surface area contributed by atoms with Gasteiger partial charge in [-0.15, -0.1) is 0 Å². The lowest BCUT2D eigenvalue weighted by Gasteiger charge is -2.14. The van der Waals surface area contributed by atoms with Crippen molar-refractivity contribution in [1.82, 2.24) is 14.8 Å². The molecule has 0 fully saturated rings. The van der Waals surface area contributed by atoms with Crippen LogP contribution in [0.4, 0.5) is 14.5 Å². The monoisotopic (exact) mass is 448 g/mol. The molecular formula is C21H22F2N4O3S. The van der Waals surface area contributed by atoms with Crippen LogP contribution in [0.3, 0.4) is 0 Å². The van der Waals surface area contributed by atoms with Gasteiger partial charge in [0.25, 0.3) is 0 Å². The maximum Gasteiger partial charge on any atom is 0.387 e. The second kappa shape index (κ2) is 10.2. The minimum Gasteiger partial charge on any atom is -0.497 e. The fourth-order valence-corrected chi connectivity index (χ4v) is 3.29. The van der Waals surface area contributed by atoms with Crippen LogP contribution in [-0.2, 0) is 17.8 Å². The van der Waals surface area contributed by atoms with Gasteiger partial charge in [0.05, 0.1) is 7.11 Å². The Morgan fingerprint density at radius 2 is 2.00 bits per heavy atom. The maximum absolute atomic E-state index is 12.9. The van der Waals surface area contributed by atoms with E-state index in [4.69, 9.17) is 17.0 Å². The summed E-state index contributed by atoms with van der Waals surface area (Å²) in [4.78, 5) is 12.6. The van der Waals surface area contributed by atoms with Crippen LogP contribution in [-0.4, -0.2) is 34.4 Å². The number of benzene rings is 2. The highest BCUT2D eigenvalue weighted by molar-refractivity contribution is 7.71. The standard InChI is InChI=1S/C21H22F2N4O3S/c1-3-4-18-25-26-21(31)27(18)12-19(28)24-14-7-10-17(30-20(22)23)16(11-14)13-5-8-15(29-2)9-6-13/h5-11,20H,3-4,12H2,1-2H3,(H,24,28)(H,26,31). The summed E-state index contributed by atoms with van der Waals surface area (Å²) >= 11 is 5.20. The molecule has 7 nitrogen and oxygen atoms in total. The van der Waals surface area contributed by atoms with E-state index in [2.05, 4.69) is 20.3 Å². The number of aromatic nitrogens is 3. The van der Waals surface area contributed by atoms with Gasteiger partial charge in [0.15, 0.2) is 4.77 Å². The molecule has 0 aliphatic carbocycles. The number of H-pyrrole nitrogens is 1. The zero-order valence-electron chi connectivity index (χ0n) is 17.0. The van der Waals surface area contributed by atoms with Crippen molar-refractivity contribution in [2.75, 3.05) is 12.4 Å². The first-order valence-corrected chi connectivity index (χ1v) is 9.99. The smallest absolute Gasteiger partial charge is 0.387 e. The highest BCUT2D eigenvalue weighted by Gasteiger charge is 2.15. The summed E-state index contributed by atoms with van der Waals surface area (Å²) in [6, 6.07) is 11.3. The van der Waals surface area contributed by atoms with Gasteiger partial charge in [0.2, 0.25) is 5.91 Å². The fourth-order valence-electron chi connectivity index (χ4n) is 3.07. The third kappa shape index (κ3) is 5.66. The summed E-state index contributed by atoms with van der Waals surface area (Å²) in [5.41, 5.74) is 1.48. The zero-order valence-corrected chi connectivity index (χ0v) is 17.8. The number of aromatic amines is 1. The molecule has 3 rings (SSSR count). The summed E-state index contributed by atoms with van der Waals surface area (Å²) in [5.74, 6) is 1.00. The van der Waals surface area contributed by atoms with Gasteiger partial charge >= 0.3 is 6.61 Å². The normalized spacial score (nSPS) is 10.9. The highest BCUT2D eigenvalue weighted by Crippen LogP contribution is 2.34. The molecule has 1 amide bonds. The third-order valence-corrected chi connectivity index (χ3v) is 4.80. The van der Waals surface area contributed by atoms with Crippen molar-refractivity contribution >= 4 is 23.8 Å². The Bertz CT molecular complexity index is 1100. The van der Waals surface area contributed by atoms with Gasteiger partial charge in [0, 0.05) is 17.7 Å². The minimum atomic E-state index is -2.97. The number of methoxy groups -OCH3 is 1. The lowest BCUT2D eigenvalue weighted by atomic mass is 10.0. The van der Waals surface area contributed by atoms with Crippen LogP contribution < -0.4 is 14.8 Å². The Morgan fingerprint density at radius 3 is 2.65 bits per heavy atom. The first kappa shape index (κ1) is 22.4. The number of halogens is 2. The molecular weight excluding hydrogens is 426 g/mol. The molecule has 2 aromatic carbocycles. The van der Waals surface area contributed by atoms with Crippen molar-refractivity contribution < 1.29 is 23.0 Å². The number of hydrogen-bond acceptors (Lipinski definition) is 5. The van der Waals surface area contributed by atoms with Gasteiger partial charge in [-0.3, -0.25) is 14.5 Å². The van der Waals surface area contributed by atoms with Crippen LogP contribution in [0.25, 0.3) is 11.1 Å². The number of ether oxygens (including phenoxy) is 2. The van der Waals surface area contributed by atoms with Crippen molar-refractivity contribution in [3.05, 3.63) is 53.1 Å². The average molecular weight is 448 g/mol. The lowest BCUT2D eigenvalue weighted by Crippen LogP contribution is -2.20. The summed E-state index contributed by atoms with van der Waals surface area (Å²) in [6.45, 7) is -0.985. The number of anilines is 1. The number of nitrogens with one attached hydrogen (secondary N) is 2. The first-order chi connectivity index (χ1) is 14.9. The Morgan fingerprint density at radius 1 is 1.26 bits per heavy atom. The zero-order chi connectivity index (χ0) is 22.4. The van der Waals surface area contributed by atoms with Crippen LogP contribution in [0.5, 0.6) is 11.5 Å². The molecule has 0 unspecified atom stereocenters. The fraction of sp³-hybridized carbons (Fsp3) is 0.286. The number of rotatable bonds is 9. The summed E-state index contributed by atoms with van der Waals surface area (Å²) in [6.07, 6.45) is 1.54. The first-order valence-electron chi connectivity index (χ1n) is 9.58. The van der Waals surface area contributed by atoms with Gasteiger partial charge in [-0.2, -0.15) is 13.9 Å². The Balaban J connectivity index is 1.85. The van der Waals surface area contributed by atoms with Crippen molar-refractivity contribution in [3.63, 3.8) is 0 Å². The molecule has 0 saturated carbocycles. The molecule has 2 N–H and O–H groups in total. The van der Waals surface area contributed by atoms with E-state index in [1.807, 2.05) is 6.92 Å². The molecule has 31 heavy (non-hydrogen) atoms. The van der Waals surface area contributed by atoms with Crippen molar-refractivity contribution in [2.45, 2.75) is 32.9 Å². The SMILES string of the molecule is CCCc1n[nH]c(=S)n1CC(=O)Nc1ccc(OC(F)F)c(-c2ccc(OC)cc2)c1. The quantitative estimate of drug-likeness (QED) is 0.459. The maximum atomic E-state index is 12.9. The number of alkyl halides is 2. The molecule has 0 atom stereocenters. The van der Waals surface area contributed by atoms with Crippen LogP contribution in [0.2, 0.25) is 0 Å². The topological polar surface area (TPSA) is 81.2 Å². The van der Waals surface area contributed by atoms with Crippen LogP contribution in [0.15, 0.2) is 42.5 Å². The van der Waals surface area contributed by atoms with Crippen molar-refractivity contribution in [3.8, 4) is 22.6 Å². The number of hydrogen-bond donors (Lipinski definition) is 2. The van der Waals surface area contributed by atoms with E-state index in [0.29, 0.717) is 39.6 Å². The van der Waals surface area contributed by atoms with E-state index in [0.717, 1.165) is 6.42 Å². The van der Waals surface area contributed by atoms with Crippen LogP contribution >= 0.6 is 12.2 Å². The van der Waals surface area contributed by atoms with Crippen LogP contribution in [0, 0.1) is 4.77 Å². The Labute approximate surface area is 183 Å². The minimum absolute atomic E-state index is 0.000418. The van der Waals surface area contributed by atoms with Crippen molar-refractivity contribution in [2.24, 2.45) is 0 Å². The number of carbonyl (C=O) groups is 1. The van der Waals surface area contributed by atoms with E-state index in [1.165, 1.54) is 19.2 Å². The largest absolute Gasteiger partial charge is 0.497 e. The third-order valence-electron chi connectivity index (χ3n) is 4.49. The summed E-state index contributed by atoms with van der Waals surface area (Å²) in [7, 11) is 1.54. The molecule has 0 radical (unpaired) electrons. The van der Waals surface area contributed by atoms with E-state index in [1.54, 1.807) is 34.9 Å². The van der Waals surface area contributed by atoms with Gasteiger partial charge in [-0.05, 0) is 54.5 Å². The number of amides is 1. The summed E-state index contributed by atoms with van der Waals surface area (Å²) < 4.78 is 37.5. The number of nitrogens with zero attached hydrogens (tertiary/aromatic N) is 2. The van der Waals surface area contributed by atoms with Crippen molar-refractivity contribution in [1.29, 1.82) is 0 Å². The number of carbonyl (C=O) groups excluding carboxylic acids is 1. The van der Waals surface area contributed by atoms with E-state index < -0.39 is 6.61 Å². The predicted molar refractivity (Wildman–Crippen MR) is 115 cm³/mol. The van der Waals surface area contributed by atoms with E-state index in [-0.39, 0.29) is 18.2 Å². The lowest BCUT2D eigenvalue weighted by molar-refractivity contribution is -0.116. The van der Waals surface area contributed by atoms with Gasteiger partial charge < -0.3 is 14.8 Å². The molecule has 0 bridgehead atoms. The highest BCUT2D eigenvalue weighted by atomic mass is 32.1. The molecule has 0 spiro atoms.